The molecule has 6 heteroatoms. The fourth-order valence-electron chi connectivity index (χ4n) is 1.70. The van der Waals surface area contributed by atoms with Crippen molar-refractivity contribution in [2.45, 2.75) is 6.92 Å². The van der Waals surface area contributed by atoms with E-state index in [1.54, 1.807) is 29.0 Å². The van der Waals surface area contributed by atoms with E-state index in [-0.39, 0.29) is 6.61 Å². The number of hydrogen-bond donors (Lipinski definition) is 1. The Morgan fingerprint density at radius 3 is 2.76 bits per heavy atom. The molecule has 0 saturated carbocycles. The lowest BCUT2D eigenvalue weighted by molar-refractivity contribution is -0.119. The molecule has 0 aliphatic rings. The summed E-state index contributed by atoms with van der Waals surface area (Å²) in [5, 5.41) is 6.11. The van der Waals surface area contributed by atoms with E-state index in [9.17, 15) is 9.59 Å². The Morgan fingerprint density at radius 1 is 1.29 bits per heavy atom. The highest BCUT2D eigenvalue weighted by Gasteiger charge is 2.12. The molecular formula is C15H15NO4S. The molecule has 0 atom stereocenters. The molecule has 0 fully saturated rings. The molecule has 0 saturated heterocycles. The molecular weight excluding hydrogens is 290 g/mol. The maximum Gasteiger partial charge on any atom is 0.339 e. The van der Waals surface area contributed by atoms with Crippen LogP contribution in [-0.2, 0) is 9.53 Å². The summed E-state index contributed by atoms with van der Waals surface area (Å²) in [6.07, 6.45) is 0. The number of rotatable bonds is 5. The van der Waals surface area contributed by atoms with E-state index in [0.717, 1.165) is 5.56 Å². The van der Waals surface area contributed by atoms with E-state index in [1.807, 2.05) is 13.0 Å². The second kappa shape index (κ2) is 6.90. The van der Waals surface area contributed by atoms with Crippen molar-refractivity contribution in [3.8, 4) is 5.75 Å². The highest BCUT2D eigenvalue weighted by molar-refractivity contribution is 7.08. The predicted molar refractivity (Wildman–Crippen MR) is 81.0 cm³/mol. The van der Waals surface area contributed by atoms with Crippen LogP contribution in [0.4, 0.5) is 5.69 Å². The topological polar surface area (TPSA) is 64.6 Å². The third-order valence-electron chi connectivity index (χ3n) is 2.72. The fraction of sp³-hybridized carbons (Fsp3) is 0.200. The van der Waals surface area contributed by atoms with Gasteiger partial charge >= 0.3 is 5.97 Å². The number of anilines is 1. The number of thiophene rings is 1. The second-order valence-corrected chi connectivity index (χ2v) is 5.12. The summed E-state index contributed by atoms with van der Waals surface area (Å²) in [6.45, 7) is 1.57. The summed E-state index contributed by atoms with van der Waals surface area (Å²) in [4.78, 5) is 23.4. The van der Waals surface area contributed by atoms with Gasteiger partial charge in [0.2, 0.25) is 0 Å². The Labute approximate surface area is 126 Å². The minimum Gasteiger partial charge on any atom is -0.495 e. The van der Waals surface area contributed by atoms with Crippen molar-refractivity contribution >= 4 is 28.9 Å². The van der Waals surface area contributed by atoms with Gasteiger partial charge in [0.05, 0.1) is 18.4 Å². The predicted octanol–water partition coefficient (Wildman–Crippen LogP) is 2.86. The van der Waals surface area contributed by atoms with Gasteiger partial charge in [-0.2, -0.15) is 11.3 Å². The molecule has 0 radical (unpaired) electrons. The Kier molecular flexibility index (Phi) is 4.94. The summed E-state index contributed by atoms with van der Waals surface area (Å²) >= 11 is 1.39. The van der Waals surface area contributed by atoms with Gasteiger partial charge in [-0.1, -0.05) is 6.07 Å². The summed E-state index contributed by atoms with van der Waals surface area (Å²) in [5.74, 6) is -0.372. The Balaban J connectivity index is 1.93. The quantitative estimate of drug-likeness (QED) is 0.863. The Hall–Kier alpha value is -2.34. The minimum atomic E-state index is -0.511. The van der Waals surface area contributed by atoms with Crippen molar-refractivity contribution in [1.82, 2.24) is 0 Å². The molecule has 1 aromatic carbocycles. The van der Waals surface area contributed by atoms with E-state index in [4.69, 9.17) is 9.47 Å². The fourth-order valence-corrected chi connectivity index (χ4v) is 2.33. The maximum absolute atomic E-state index is 11.8. The minimum absolute atomic E-state index is 0.341. The molecule has 21 heavy (non-hydrogen) atoms. The van der Waals surface area contributed by atoms with Gasteiger partial charge < -0.3 is 14.8 Å². The number of methoxy groups -OCH3 is 1. The van der Waals surface area contributed by atoms with Crippen LogP contribution in [0.3, 0.4) is 0 Å². The van der Waals surface area contributed by atoms with E-state index < -0.39 is 11.9 Å². The number of nitrogens with one attached hydrogen (secondary N) is 1. The monoisotopic (exact) mass is 305 g/mol. The van der Waals surface area contributed by atoms with E-state index in [2.05, 4.69) is 5.32 Å². The molecule has 1 N–H and O–H groups in total. The van der Waals surface area contributed by atoms with E-state index in [0.29, 0.717) is 17.0 Å². The first-order valence-electron chi connectivity index (χ1n) is 6.24. The zero-order valence-corrected chi connectivity index (χ0v) is 12.5. The zero-order chi connectivity index (χ0) is 15.2. The lowest BCUT2D eigenvalue weighted by Gasteiger charge is -2.11. The number of ether oxygens (including phenoxy) is 2. The first kappa shape index (κ1) is 15.1. The van der Waals surface area contributed by atoms with Gasteiger partial charge in [-0.3, -0.25) is 4.79 Å². The summed E-state index contributed by atoms with van der Waals surface area (Å²) in [6, 6.07) is 7.08. The van der Waals surface area contributed by atoms with Crippen molar-refractivity contribution in [1.29, 1.82) is 0 Å². The van der Waals surface area contributed by atoms with Crippen LogP contribution >= 0.6 is 11.3 Å². The van der Waals surface area contributed by atoms with Crippen LogP contribution in [0.2, 0.25) is 0 Å². The number of carbonyl (C=O) groups excluding carboxylic acids is 2. The lowest BCUT2D eigenvalue weighted by atomic mass is 10.2. The summed E-state index contributed by atoms with van der Waals surface area (Å²) in [5.41, 5.74) is 1.98. The third kappa shape index (κ3) is 4.06. The molecule has 0 aliphatic carbocycles. The summed E-state index contributed by atoms with van der Waals surface area (Å²) < 4.78 is 10.1. The molecule has 5 nitrogen and oxygen atoms in total. The van der Waals surface area contributed by atoms with Crippen molar-refractivity contribution in [3.63, 3.8) is 0 Å². The largest absolute Gasteiger partial charge is 0.495 e. The Bertz CT molecular complexity index is 637. The van der Waals surface area contributed by atoms with Gasteiger partial charge in [-0.05, 0) is 36.1 Å². The highest BCUT2D eigenvalue weighted by atomic mass is 32.1. The number of amides is 1. The normalized spacial score (nSPS) is 10.0. The van der Waals surface area contributed by atoms with Crippen molar-refractivity contribution in [2.24, 2.45) is 0 Å². The van der Waals surface area contributed by atoms with Gasteiger partial charge in [0.25, 0.3) is 5.91 Å². The first-order valence-corrected chi connectivity index (χ1v) is 7.18. The van der Waals surface area contributed by atoms with Gasteiger partial charge in [-0.25, -0.2) is 4.79 Å². The first-order chi connectivity index (χ1) is 10.1. The van der Waals surface area contributed by atoms with Crippen LogP contribution in [0, 0.1) is 6.92 Å². The number of aryl methyl sites for hydroxylation is 1. The van der Waals surface area contributed by atoms with Gasteiger partial charge in [0, 0.05) is 5.38 Å². The molecule has 2 rings (SSSR count). The van der Waals surface area contributed by atoms with Crippen molar-refractivity contribution in [3.05, 3.63) is 46.2 Å². The second-order valence-electron chi connectivity index (χ2n) is 4.34. The highest BCUT2D eigenvalue weighted by Crippen LogP contribution is 2.25. The molecule has 0 aliphatic heterocycles. The van der Waals surface area contributed by atoms with Crippen LogP contribution in [0.5, 0.6) is 5.75 Å². The smallest absolute Gasteiger partial charge is 0.339 e. The molecule has 1 heterocycles. The number of benzene rings is 1. The molecule has 1 amide bonds. The van der Waals surface area contributed by atoms with Crippen LogP contribution in [0.15, 0.2) is 35.0 Å². The third-order valence-corrected chi connectivity index (χ3v) is 3.40. The van der Waals surface area contributed by atoms with E-state index in [1.165, 1.54) is 18.4 Å². The molecule has 0 spiro atoms. The van der Waals surface area contributed by atoms with Crippen molar-refractivity contribution in [2.75, 3.05) is 19.0 Å². The number of esters is 1. The molecule has 1 aromatic heterocycles. The standard InChI is InChI=1S/C15H15NO4S/c1-10-3-4-13(19-2)12(7-10)16-14(17)8-20-15(18)11-5-6-21-9-11/h3-7,9H,8H2,1-2H3,(H,16,17). The van der Waals surface area contributed by atoms with Crippen LogP contribution in [0.1, 0.15) is 15.9 Å². The molecule has 110 valence electrons. The van der Waals surface area contributed by atoms with Crippen LogP contribution in [-0.4, -0.2) is 25.6 Å². The molecule has 0 bridgehead atoms. The molecule has 2 aromatic rings. The number of hydrogen-bond acceptors (Lipinski definition) is 5. The lowest BCUT2D eigenvalue weighted by Crippen LogP contribution is -2.21. The SMILES string of the molecule is COc1ccc(C)cc1NC(=O)COC(=O)c1ccsc1. The average Bonchev–Trinajstić information content (AvgIpc) is 2.99. The average molecular weight is 305 g/mol. The van der Waals surface area contributed by atoms with Gasteiger partial charge in [0.15, 0.2) is 6.61 Å². The van der Waals surface area contributed by atoms with Crippen LogP contribution in [0.25, 0.3) is 0 Å². The van der Waals surface area contributed by atoms with E-state index >= 15 is 0 Å². The van der Waals surface area contributed by atoms with Gasteiger partial charge in [-0.15, -0.1) is 0 Å². The summed E-state index contributed by atoms with van der Waals surface area (Å²) in [7, 11) is 1.52. The zero-order valence-electron chi connectivity index (χ0n) is 11.7. The number of carbonyl (C=O) groups is 2. The Morgan fingerprint density at radius 2 is 2.10 bits per heavy atom. The van der Waals surface area contributed by atoms with Gasteiger partial charge in [0.1, 0.15) is 5.75 Å². The van der Waals surface area contributed by atoms with Crippen molar-refractivity contribution < 1.29 is 19.1 Å². The molecule has 0 unspecified atom stereocenters. The maximum atomic E-state index is 11.8. The van der Waals surface area contributed by atoms with Crippen LogP contribution < -0.4 is 10.1 Å².